The first-order chi connectivity index (χ1) is 16.0. The number of carboxylic acid groups (broad SMARTS) is 1. The van der Waals surface area contributed by atoms with Gasteiger partial charge in [-0.15, -0.1) is 0 Å². The monoisotopic (exact) mass is 447 g/mol. The fraction of sp³-hybridized carbons (Fsp3) is 0.481. The van der Waals surface area contributed by atoms with Gasteiger partial charge in [0, 0.05) is 12.2 Å². The molecule has 0 spiro atoms. The quantitative estimate of drug-likeness (QED) is 0.403. The molecule has 4 bridgehead atoms. The van der Waals surface area contributed by atoms with Crippen molar-refractivity contribution < 1.29 is 14.6 Å². The minimum absolute atomic E-state index is 0.275. The number of carbonyl (C=O) groups is 1. The first-order valence-corrected chi connectivity index (χ1v) is 12.0. The number of hydrogen-bond donors (Lipinski definition) is 3. The third-order valence-electron chi connectivity index (χ3n) is 7.74. The Hall–Kier alpha value is -3.02. The van der Waals surface area contributed by atoms with E-state index in [9.17, 15) is 9.90 Å². The lowest BCUT2D eigenvalue weighted by Gasteiger charge is -2.57. The van der Waals surface area contributed by atoms with Crippen LogP contribution in [0.15, 0.2) is 53.5 Å². The normalized spacial score (nSPS) is 27.9. The van der Waals surface area contributed by atoms with Crippen LogP contribution in [-0.4, -0.2) is 30.7 Å². The largest absolute Gasteiger partial charge is 0.497 e. The molecule has 0 aliphatic heterocycles. The van der Waals surface area contributed by atoms with Crippen molar-refractivity contribution in [2.24, 2.45) is 28.2 Å². The van der Waals surface area contributed by atoms with Gasteiger partial charge in [-0.3, -0.25) is 0 Å². The molecular weight excluding hydrogens is 414 g/mol. The van der Waals surface area contributed by atoms with Gasteiger partial charge >= 0.3 is 5.97 Å². The van der Waals surface area contributed by atoms with Crippen LogP contribution in [-0.2, 0) is 6.54 Å². The van der Waals surface area contributed by atoms with Crippen molar-refractivity contribution in [2.45, 2.75) is 45.1 Å². The van der Waals surface area contributed by atoms with Crippen LogP contribution in [0.2, 0.25) is 0 Å². The van der Waals surface area contributed by atoms with Crippen LogP contribution in [0.3, 0.4) is 0 Å². The zero-order valence-electron chi connectivity index (χ0n) is 19.2. The number of hydrogen-bond acceptors (Lipinski definition) is 3. The Morgan fingerprint density at radius 1 is 1.06 bits per heavy atom. The highest BCUT2D eigenvalue weighted by Gasteiger charge is 2.50. The molecular formula is C27H33N3O3. The molecule has 4 saturated carbocycles. The SMILES string of the molecule is COc1cccc(CN=C(NCC23CC4CC(CC(C4)C2)C3)Nc2ccc(C(=O)O)cc2)c1. The van der Waals surface area contributed by atoms with Crippen LogP contribution in [0.5, 0.6) is 5.75 Å². The van der Waals surface area contributed by atoms with Crippen molar-refractivity contribution in [1.29, 1.82) is 0 Å². The van der Waals surface area contributed by atoms with Gasteiger partial charge in [-0.2, -0.15) is 0 Å². The Morgan fingerprint density at radius 2 is 1.73 bits per heavy atom. The number of aromatic carboxylic acids is 1. The molecule has 0 heterocycles. The van der Waals surface area contributed by atoms with E-state index in [4.69, 9.17) is 9.73 Å². The Morgan fingerprint density at radius 3 is 2.33 bits per heavy atom. The van der Waals surface area contributed by atoms with Crippen LogP contribution in [0.25, 0.3) is 0 Å². The average Bonchev–Trinajstić information content (AvgIpc) is 2.80. The summed E-state index contributed by atoms with van der Waals surface area (Å²) in [4.78, 5) is 16.0. The first kappa shape index (κ1) is 21.8. The number of benzene rings is 2. The molecule has 0 saturated heterocycles. The number of guanidine groups is 1. The van der Waals surface area contributed by atoms with E-state index in [1.807, 2.05) is 24.3 Å². The fourth-order valence-corrected chi connectivity index (χ4v) is 6.69. The summed E-state index contributed by atoms with van der Waals surface area (Å²) in [5, 5.41) is 16.2. The molecule has 4 aliphatic rings. The zero-order valence-corrected chi connectivity index (χ0v) is 19.2. The second kappa shape index (κ2) is 9.08. The van der Waals surface area contributed by atoms with Gasteiger partial charge in [0.05, 0.1) is 19.2 Å². The maximum absolute atomic E-state index is 11.2. The minimum Gasteiger partial charge on any atom is -0.497 e. The number of methoxy groups -OCH3 is 1. The van der Waals surface area contributed by atoms with Crippen molar-refractivity contribution >= 4 is 17.6 Å². The Balaban J connectivity index is 1.32. The van der Waals surface area contributed by atoms with E-state index in [0.717, 1.165) is 47.3 Å². The summed E-state index contributed by atoms with van der Waals surface area (Å²) >= 11 is 0. The summed E-state index contributed by atoms with van der Waals surface area (Å²) in [6.45, 7) is 1.47. The molecule has 6 heteroatoms. The maximum Gasteiger partial charge on any atom is 0.335 e. The number of aliphatic imine (C=N–C) groups is 1. The zero-order chi connectivity index (χ0) is 22.8. The predicted octanol–water partition coefficient (Wildman–Crippen LogP) is 5.17. The fourth-order valence-electron chi connectivity index (χ4n) is 6.69. The highest BCUT2D eigenvalue weighted by atomic mass is 16.5. The van der Waals surface area contributed by atoms with E-state index >= 15 is 0 Å². The molecule has 3 N–H and O–H groups in total. The van der Waals surface area contributed by atoms with E-state index in [0.29, 0.717) is 12.0 Å². The number of anilines is 1. The third kappa shape index (κ3) is 5.00. The minimum atomic E-state index is -0.923. The van der Waals surface area contributed by atoms with Crippen LogP contribution in [0.1, 0.15) is 54.4 Å². The highest BCUT2D eigenvalue weighted by Crippen LogP contribution is 2.59. The molecule has 4 aliphatic carbocycles. The van der Waals surface area contributed by atoms with Gasteiger partial charge in [-0.05, 0) is 104 Å². The molecule has 0 radical (unpaired) electrons. The number of nitrogens with zero attached hydrogens (tertiary/aromatic N) is 1. The van der Waals surface area contributed by atoms with Crippen molar-refractivity contribution in [3.63, 3.8) is 0 Å². The summed E-state index contributed by atoms with van der Waals surface area (Å²) in [5.41, 5.74) is 2.56. The Labute approximate surface area is 195 Å². The van der Waals surface area contributed by atoms with Gasteiger partial charge in [0.1, 0.15) is 5.75 Å². The number of rotatable bonds is 7. The summed E-state index contributed by atoms with van der Waals surface area (Å²) in [7, 11) is 1.67. The maximum atomic E-state index is 11.2. The molecule has 4 fully saturated rings. The standard InChI is InChI=1S/C27H33N3O3/c1-33-24-4-2-3-18(12-24)16-28-26(30-23-7-5-22(6-8-23)25(31)32)29-17-27-13-19-9-20(14-27)11-21(10-19)15-27/h2-8,12,19-21H,9-11,13-17H2,1H3,(H,31,32)(H2,28,29,30). The first-order valence-electron chi connectivity index (χ1n) is 12.0. The molecule has 0 atom stereocenters. The molecule has 6 rings (SSSR count). The molecule has 0 unspecified atom stereocenters. The van der Waals surface area contributed by atoms with Crippen molar-refractivity contribution in [3.8, 4) is 5.75 Å². The smallest absolute Gasteiger partial charge is 0.335 e. The lowest BCUT2D eigenvalue weighted by atomic mass is 9.49. The topological polar surface area (TPSA) is 83.0 Å². The van der Waals surface area contributed by atoms with E-state index in [-0.39, 0.29) is 5.56 Å². The number of ether oxygens (including phenoxy) is 1. The van der Waals surface area contributed by atoms with Gasteiger partial charge in [0.15, 0.2) is 5.96 Å². The third-order valence-corrected chi connectivity index (χ3v) is 7.74. The summed E-state index contributed by atoms with van der Waals surface area (Å²) < 4.78 is 5.35. The predicted molar refractivity (Wildman–Crippen MR) is 130 cm³/mol. The molecule has 174 valence electrons. The van der Waals surface area contributed by atoms with Gasteiger partial charge in [-0.25, -0.2) is 9.79 Å². The number of nitrogens with one attached hydrogen (secondary N) is 2. The summed E-state index contributed by atoms with van der Waals surface area (Å²) in [5.74, 6) is 3.36. The molecule has 6 nitrogen and oxygen atoms in total. The summed E-state index contributed by atoms with van der Waals surface area (Å²) in [6.07, 6.45) is 8.31. The Bertz CT molecular complexity index is 996. The van der Waals surface area contributed by atoms with Gasteiger partial charge < -0.3 is 20.5 Å². The highest BCUT2D eigenvalue weighted by molar-refractivity contribution is 5.94. The van der Waals surface area contributed by atoms with Gasteiger partial charge in [-0.1, -0.05) is 12.1 Å². The van der Waals surface area contributed by atoms with Crippen molar-refractivity contribution in [2.75, 3.05) is 19.0 Å². The van der Waals surface area contributed by atoms with Crippen LogP contribution in [0.4, 0.5) is 5.69 Å². The van der Waals surface area contributed by atoms with Crippen LogP contribution < -0.4 is 15.4 Å². The molecule has 0 amide bonds. The molecule has 2 aromatic carbocycles. The summed E-state index contributed by atoms with van der Waals surface area (Å²) in [6, 6.07) is 14.8. The average molecular weight is 448 g/mol. The molecule has 0 aromatic heterocycles. The Kier molecular flexibility index (Phi) is 6.00. The molecule has 2 aromatic rings. The van der Waals surface area contributed by atoms with E-state index in [1.165, 1.54) is 38.5 Å². The van der Waals surface area contributed by atoms with E-state index in [2.05, 4.69) is 10.6 Å². The van der Waals surface area contributed by atoms with Gasteiger partial charge in [0.25, 0.3) is 0 Å². The lowest BCUT2D eigenvalue weighted by Crippen LogP contribution is -2.51. The molecule has 33 heavy (non-hydrogen) atoms. The van der Waals surface area contributed by atoms with Crippen LogP contribution in [0, 0.1) is 23.2 Å². The van der Waals surface area contributed by atoms with E-state index in [1.54, 1.807) is 31.4 Å². The van der Waals surface area contributed by atoms with Gasteiger partial charge in [0.2, 0.25) is 0 Å². The second-order valence-electron chi connectivity index (χ2n) is 10.3. The van der Waals surface area contributed by atoms with Crippen molar-refractivity contribution in [1.82, 2.24) is 5.32 Å². The van der Waals surface area contributed by atoms with Crippen LogP contribution >= 0.6 is 0 Å². The lowest BCUT2D eigenvalue weighted by molar-refractivity contribution is -0.0491. The van der Waals surface area contributed by atoms with E-state index < -0.39 is 5.97 Å². The van der Waals surface area contributed by atoms with Crippen molar-refractivity contribution in [3.05, 3.63) is 59.7 Å². The second-order valence-corrected chi connectivity index (χ2v) is 10.3. The number of carboxylic acids is 1.